The van der Waals surface area contributed by atoms with E-state index in [2.05, 4.69) is 67.0 Å². The summed E-state index contributed by atoms with van der Waals surface area (Å²) in [5, 5.41) is 16.6. The minimum atomic E-state index is 0.0624. The van der Waals surface area contributed by atoms with Crippen LogP contribution >= 0.6 is 11.6 Å². The molecule has 180 valence electrons. The van der Waals surface area contributed by atoms with Gasteiger partial charge in [-0.05, 0) is 68.8 Å². The number of carbonyl (C=O) groups excluding carboxylic acids is 1. The Hall–Kier alpha value is -3.17. The largest absolute Gasteiger partial charge is 0.358 e. The van der Waals surface area contributed by atoms with Gasteiger partial charge in [0.1, 0.15) is 5.02 Å². The zero-order valence-electron chi connectivity index (χ0n) is 20.0. The number of aromatic amines is 1. The summed E-state index contributed by atoms with van der Waals surface area (Å²) in [5.41, 5.74) is 5.53. The van der Waals surface area contributed by atoms with Crippen LogP contribution in [0.3, 0.4) is 0 Å². The van der Waals surface area contributed by atoms with Crippen LogP contribution in [-0.4, -0.2) is 57.7 Å². The first-order chi connectivity index (χ1) is 16.3. The smallest absolute Gasteiger partial charge is 0.233 e. The van der Waals surface area contributed by atoms with Crippen molar-refractivity contribution in [1.82, 2.24) is 30.4 Å². The molecule has 1 saturated heterocycles. The van der Waals surface area contributed by atoms with Crippen LogP contribution in [0.1, 0.15) is 41.1 Å². The number of amides is 1. The zero-order valence-corrected chi connectivity index (χ0v) is 20.8. The predicted octanol–water partition coefficient (Wildman–Crippen LogP) is 4.19. The number of H-pyrrole nitrogens is 1. The Bertz CT molecular complexity index is 1180. The second-order valence-corrected chi connectivity index (χ2v) is 9.25. The van der Waals surface area contributed by atoms with Gasteiger partial charge in [0.05, 0.1) is 12.7 Å². The van der Waals surface area contributed by atoms with Gasteiger partial charge in [-0.15, -0.1) is 0 Å². The molecule has 4 N–H and O–H groups in total. The summed E-state index contributed by atoms with van der Waals surface area (Å²) < 4.78 is 0. The van der Waals surface area contributed by atoms with Crippen molar-refractivity contribution < 1.29 is 4.79 Å². The lowest BCUT2D eigenvalue weighted by Crippen LogP contribution is -2.41. The van der Waals surface area contributed by atoms with Crippen LogP contribution in [-0.2, 0) is 4.79 Å². The Labute approximate surface area is 204 Å². The van der Waals surface area contributed by atoms with Gasteiger partial charge < -0.3 is 16.0 Å². The molecular weight excluding hydrogens is 452 g/mol. The van der Waals surface area contributed by atoms with Gasteiger partial charge in [0.25, 0.3) is 0 Å². The maximum absolute atomic E-state index is 11.8. The second-order valence-electron chi connectivity index (χ2n) is 8.85. The van der Waals surface area contributed by atoms with E-state index in [0.717, 1.165) is 42.9 Å². The average molecular weight is 483 g/mol. The van der Waals surface area contributed by atoms with E-state index in [4.69, 9.17) is 11.6 Å². The van der Waals surface area contributed by atoms with Crippen LogP contribution in [0.5, 0.6) is 0 Å². The highest BCUT2D eigenvalue weighted by molar-refractivity contribution is 6.32. The molecule has 34 heavy (non-hydrogen) atoms. The van der Waals surface area contributed by atoms with Gasteiger partial charge in [0.15, 0.2) is 11.6 Å². The first-order valence-corrected chi connectivity index (χ1v) is 11.8. The number of aromatic nitrogens is 4. The monoisotopic (exact) mass is 482 g/mol. The summed E-state index contributed by atoms with van der Waals surface area (Å²) in [5.74, 6) is 2.04. The summed E-state index contributed by atoms with van der Waals surface area (Å²) in [7, 11) is 1.69. The molecule has 4 rings (SSSR count). The summed E-state index contributed by atoms with van der Waals surface area (Å²) in [6, 6.07) is 6.26. The molecule has 0 saturated carbocycles. The normalized spacial score (nSPS) is 16.3. The first-order valence-electron chi connectivity index (χ1n) is 11.4. The highest BCUT2D eigenvalue weighted by Crippen LogP contribution is 2.33. The van der Waals surface area contributed by atoms with Crippen molar-refractivity contribution in [2.75, 3.05) is 37.3 Å². The number of halogens is 1. The fourth-order valence-electron chi connectivity index (χ4n) is 4.39. The van der Waals surface area contributed by atoms with Crippen LogP contribution < -0.4 is 16.0 Å². The number of likely N-dealkylation sites (N-methyl/N-ethyl adjacent to an activating group) is 1. The number of hydrogen-bond acceptors (Lipinski definition) is 7. The van der Waals surface area contributed by atoms with Gasteiger partial charge in [0.2, 0.25) is 11.9 Å². The lowest BCUT2D eigenvalue weighted by Gasteiger charge is -2.33. The van der Waals surface area contributed by atoms with E-state index in [-0.39, 0.29) is 5.91 Å². The van der Waals surface area contributed by atoms with Gasteiger partial charge in [0, 0.05) is 31.0 Å². The molecule has 0 radical (unpaired) electrons. The summed E-state index contributed by atoms with van der Waals surface area (Å²) in [6.45, 7) is 8.44. The van der Waals surface area contributed by atoms with Crippen LogP contribution in [0.15, 0.2) is 24.4 Å². The van der Waals surface area contributed by atoms with E-state index in [9.17, 15) is 4.79 Å². The molecule has 0 unspecified atom stereocenters. The van der Waals surface area contributed by atoms with E-state index in [1.165, 1.54) is 11.1 Å². The molecule has 0 bridgehead atoms. The number of hydrogen-bond donors (Lipinski definition) is 4. The van der Waals surface area contributed by atoms with Crippen molar-refractivity contribution in [2.45, 2.75) is 39.5 Å². The van der Waals surface area contributed by atoms with Crippen molar-refractivity contribution in [2.24, 2.45) is 0 Å². The fourth-order valence-corrected chi connectivity index (χ4v) is 4.53. The van der Waals surface area contributed by atoms with E-state index >= 15 is 0 Å². The van der Waals surface area contributed by atoms with Gasteiger partial charge in [-0.3, -0.25) is 14.8 Å². The molecule has 0 spiro atoms. The van der Waals surface area contributed by atoms with Gasteiger partial charge in [-0.25, -0.2) is 4.98 Å². The molecule has 2 aromatic heterocycles. The molecular formula is C24H31ClN8O. The Morgan fingerprint density at radius 1 is 1.21 bits per heavy atom. The first kappa shape index (κ1) is 24.0. The van der Waals surface area contributed by atoms with Crippen LogP contribution in [0, 0.1) is 20.8 Å². The molecule has 0 aliphatic carbocycles. The van der Waals surface area contributed by atoms with Crippen molar-refractivity contribution >= 4 is 40.8 Å². The molecule has 3 aromatic rings. The quantitative estimate of drug-likeness (QED) is 0.399. The third-order valence-corrected chi connectivity index (χ3v) is 6.42. The fraction of sp³-hybridized carbons (Fsp3) is 0.417. The van der Waals surface area contributed by atoms with Crippen molar-refractivity contribution in [3.05, 3.63) is 51.8 Å². The zero-order chi connectivity index (χ0) is 24.2. The summed E-state index contributed by atoms with van der Waals surface area (Å²) in [4.78, 5) is 22.9. The number of nitrogens with zero attached hydrogens (tertiary/aromatic N) is 4. The predicted molar refractivity (Wildman–Crippen MR) is 135 cm³/mol. The lowest BCUT2D eigenvalue weighted by molar-refractivity contribution is -0.122. The Morgan fingerprint density at radius 3 is 2.76 bits per heavy atom. The van der Waals surface area contributed by atoms with Crippen molar-refractivity contribution in [3.63, 3.8) is 0 Å². The van der Waals surface area contributed by atoms with E-state index in [1.54, 1.807) is 13.2 Å². The molecule has 1 aliphatic rings. The molecule has 1 amide bonds. The Morgan fingerprint density at radius 2 is 2.03 bits per heavy atom. The van der Waals surface area contributed by atoms with E-state index in [0.29, 0.717) is 35.1 Å². The topological polar surface area (TPSA) is 111 Å². The highest BCUT2D eigenvalue weighted by atomic mass is 35.5. The van der Waals surface area contributed by atoms with E-state index in [1.807, 2.05) is 13.0 Å². The number of benzene rings is 1. The maximum atomic E-state index is 11.8. The van der Waals surface area contributed by atoms with Crippen molar-refractivity contribution in [3.8, 4) is 0 Å². The molecule has 3 heterocycles. The molecule has 1 aliphatic heterocycles. The minimum absolute atomic E-state index is 0.0624. The van der Waals surface area contributed by atoms with Crippen LogP contribution in [0.25, 0.3) is 0 Å². The van der Waals surface area contributed by atoms with Gasteiger partial charge in [-0.1, -0.05) is 17.7 Å². The molecule has 1 fully saturated rings. The van der Waals surface area contributed by atoms with Crippen molar-refractivity contribution in [1.29, 1.82) is 0 Å². The van der Waals surface area contributed by atoms with Crippen LogP contribution in [0.4, 0.5) is 23.3 Å². The third-order valence-electron chi connectivity index (χ3n) is 6.15. The highest BCUT2D eigenvalue weighted by Gasteiger charge is 2.24. The van der Waals surface area contributed by atoms with Gasteiger partial charge in [-0.2, -0.15) is 10.1 Å². The number of likely N-dealkylation sites (tertiary alicyclic amines) is 1. The SMILES string of the molecule is CNC(=O)CN1CCC[C@@H](c2cc(C)c(Nc3ncc(Cl)c(Nc4cc(C)[nH]n4)n3)cc2C)C1. The third kappa shape index (κ3) is 5.66. The number of nitrogens with one attached hydrogen (secondary N) is 4. The van der Waals surface area contributed by atoms with E-state index < -0.39 is 0 Å². The molecule has 1 atom stereocenters. The Kier molecular flexibility index (Phi) is 7.33. The number of rotatable bonds is 7. The number of anilines is 4. The van der Waals surface area contributed by atoms with Crippen LogP contribution in [0.2, 0.25) is 5.02 Å². The summed E-state index contributed by atoms with van der Waals surface area (Å²) in [6.07, 6.45) is 3.78. The lowest BCUT2D eigenvalue weighted by atomic mass is 9.86. The number of piperidine rings is 1. The summed E-state index contributed by atoms with van der Waals surface area (Å²) >= 11 is 6.29. The molecule has 1 aromatic carbocycles. The molecule has 9 nitrogen and oxygen atoms in total. The van der Waals surface area contributed by atoms with Gasteiger partial charge >= 0.3 is 0 Å². The second kappa shape index (κ2) is 10.4. The molecule has 10 heteroatoms. The standard InChI is InChI=1S/C24H31ClN8O/c1-14-9-20(15(2)8-18(14)17-6-5-7-33(12-17)13-22(34)26-4)28-24-27-11-19(25)23(30-24)29-21-10-16(3)31-32-21/h8-11,17H,5-7,12-13H2,1-4H3,(H,26,34)(H3,27,28,29,30,31,32)/t17-/m1/s1. The minimum Gasteiger partial charge on any atom is -0.358 e. The number of aryl methyl sites for hydroxylation is 3. The maximum Gasteiger partial charge on any atom is 0.233 e. The average Bonchev–Trinajstić information content (AvgIpc) is 3.22. The Balaban J connectivity index is 1.50. The number of carbonyl (C=O) groups is 1.